The number of aryl methyl sites for hydroxylation is 3. The molecular weight excluding hydrogens is 258 g/mol. The molecule has 0 fully saturated rings. The van der Waals surface area contributed by atoms with Gasteiger partial charge in [-0.05, 0) is 62.4 Å². The zero-order valence-corrected chi connectivity index (χ0v) is 13.2. The highest BCUT2D eigenvalue weighted by molar-refractivity contribution is 7.13. The molecule has 3 heteroatoms. The van der Waals surface area contributed by atoms with Gasteiger partial charge in [-0.3, -0.25) is 0 Å². The first-order chi connectivity index (χ1) is 8.63. The van der Waals surface area contributed by atoms with Crippen molar-refractivity contribution < 1.29 is 0 Å². The Morgan fingerprint density at radius 2 is 2.00 bits per heavy atom. The highest BCUT2D eigenvalue weighted by Crippen LogP contribution is 2.34. The quantitative estimate of drug-likeness (QED) is 0.827. The second-order valence-corrected chi connectivity index (χ2v) is 6.98. The minimum Gasteiger partial charge on any atom is -0.305 e. The Balaban J connectivity index is 2.33. The molecule has 1 N–H and O–H groups in total. The first-order valence-corrected chi connectivity index (χ1v) is 8.17. The fourth-order valence-electron chi connectivity index (χ4n) is 2.04. The maximum absolute atomic E-state index is 3.69. The minimum absolute atomic E-state index is 0.377. The second kappa shape index (κ2) is 6.00. The van der Waals surface area contributed by atoms with Crippen molar-refractivity contribution in [1.82, 2.24) is 5.32 Å². The fraction of sp³-hybridized carbons (Fsp3) is 0.467. The predicted octanol–water partition coefficient (Wildman–Crippen LogP) is 4.82. The van der Waals surface area contributed by atoms with Gasteiger partial charge in [-0.15, -0.1) is 22.7 Å². The van der Waals surface area contributed by atoms with E-state index in [4.69, 9.17) is 0 Å². The normalized spacial score (nSPS) is 12.9. The van der Waals surface area contributed by atoms with Gasteiger partial charge in [-0.1, -0.05) is 6.92 Å². The standard InChI is InChI=1S/C15H21NS2/c1-5-7-16-14(15-10(2)6-8-17-15)13-9-11(3)12(4)18-13/h6,8-9,14,16H,5,7H2,1-4H3. The van der Waals surface area contributed by atoms with Crippen molar-refractivity contribution in [2.24, 2.45) is 0 Å². The molecule has 1 nitrogen and oxygen atoms in total. The molecule has 2 heterocycles. The van der Waals surface area contributed by atoms with E-state index in [9.17, 15) is 0 Å². The summed E-state index contributed by atoms with van der Waals surface area (Å²) in [5.74, 6) is 0. The van der Waals surface area contributed by atoms with Crippen LogP contribution in [-0.2, 0) is 0 Å². The van der Waals surface area contributed by atoms with E-state index in [0.29, 0.717) is 6.04 Å². The first kappa shape index (κ1) is 13.8. The smallest absolute Gasteiger partial charge is 0.0767 e. The zero-order valence-electron chi connectivity index (χ0n) is 11.5. The van der Waals surface area contributed by atoms with Gasteiger partial charge >= 0.3 is 0 Å². The van der Waals surface area contributed by atoms with Gasteiger partial charge in [0.2, 0.25) is 0 Å². The van der Waals surface area contributed by atoms with Crippen molar-refractivity contribution in [2.75, 3.05) is 6.54 Å². The molecule has 2 rings (SSSR count). The summed E-state index contributed by atoms with van der Waals surface area (Å²) in [6.45, 7) is 9.91. The molecule has 2 aromatic rings. The molecule has 18 heavy (non-hydrogen) atoms. The van der Waals surface area contributed by atoms with Crippen molar-refractivity contribution in [3.05, 3.63) is 43.3 Å². The topological polar surface area (TPSA) is 12.0 Å². The van der Waals surface area contributed by atoms with Crippen molar-refractivity contribution in [3.8, 4) is 0 Å². The molecule has 0 amide bonds. The molecule has 0 aliphatic rings. The monoisotopic (exact) mass is 279 g/mol. The van der Waals surface area contributed by atoms with E-state index in [1.54, 1.807) is 0 Å². The molecule has 0 aliphatic carbocycles. The van der Waals surface area contributed by atoms with Crippen LogP contribution in [0, 0.1) is 20.8 Å². The van der Waals surface area contributed by atoms with Crippen LogP contribution in [0.3, 0.4) is 0 Å². The van der Waals surface area contributed by atoms with E-state index in [-0.39, 0.29) is 0 Å². The van der Waals surface area contributed by atoms with E-state index >= 15 is 0 Å². The van der Waals surface area contributed by atoms with Gasteiger partial charge in [0.25, 0.3) is 0 Å². The maximum Gasteiger partial charge on any atom is 0.0767 e. The van der Waals surface area contributed by atoms with Gasteiger partial charge in [0.1, 0.15) is 0 Å². The SMILES string of the molecule is CCCNC(c1cc(C)c(C)s1)c1sccc1C. The molecule has 0 spiro atoms. The highest BCUT2D eigenvalue weighted by atomic mass is 32.1. The molecule has 0 saturated heterocycles. The van der Waals surface area contributed by atoms with Gasteiger partial charge in [-0.2, -0.15) is 0 Å². The van der Waals surface area contributed by atoms with Crippen LogP contribution in [0.2, 0.25) is 0 Å². The van der Waals surface area contributed by atoms with Gasteiger partial charge in [-0.25, -0.2) is 0 Å². The van der Waals surface area contributed by atoms with Crippen molar-refractivity contribution >= 4 is 22.7 Å². The molecular formula is C15H21NS2. The average molecular weight is 279 g/mol. The number of hydrogen-bond donors (Lipinski definition) is 1. The van der Waals surface area contributed by atoms with Crippen LogP contribution in [0.4, 0.5) is 0 Å². The highest BCUT2D eigenvalue weighted by Gasteiger charge is 2.19. The summed E-state index contributed by atoms with van der Waals surface area (Å²) in [7, 11) is 0. The lowest BCUT2D eigenvalue weighted by molar-refractivity contribution is 0.611. The third-order valence-electron chi connectivity index (χ3n) is 3.23. The van der Waals surface area contributed by atoms with E-state index in [1.165, 1.54) is 32.2 Å². The van der Waals surface area contributed by atoms with Gasteiger partial charge in [0.15, 0.2) is 0 Å². The maximum atomic E-state index is 3.69. The van der Waals surface area contributed by atoms with Crippen LogP contribution < -0.4 is 5.32 Å². The Morgan fingerprint density at radius 3 is 2.50 bits per heavy atom. The summed E-state index contributed by atoms with van der Waals surface area (Å²) < 4.78 is 0. The largest absolute Gasteiger partial charge is 0.305 e. The molecule has 0 aromatic carbocycles. The van der Waals surface area contributed by atoms with Crippen molar-refractivity contribution in [2.45, 2.75) is 40.2 Å². The van der Waals surface area contributed by atoms with Crippen LogP contribution in [-0.4, -0.2) is 6.54 Å². The zero-order chi connectivity index (χ0) is 13.1. The molecule has 2 aromatic heterocycles. The summed E-state index contributed by atoms with van der Waals surface area (Å²) in [6.07, 6.45) is 1.17. The van der Waals surface area contributed by atoms with E-state index in [0.717, 1.165) is 6.54 Å². The van der Waals surface area contributed by atoms with Crippen LogP contribution >= 0.6 is 22.7 Å². The Hall–Kier alpha value is -0.640. The summed E-state index contributed by atoms with van der Waals surface area (Å²) in [5.41, 5.74) is 2.81. The third kappa shape index (κ3) is 2.85. The lowest BCUT2D eigenvalue weighted by Gasteiger charge is -2.17. The van der Waals surface area contributed by atoms with Crippen LogP contribution in [0.1, 0.15) is 45.1 Å². The van der Waals surface area contributed by atoms with Crippen LogP contribution in [0.15, 0.2) is 17.5 Å². The molecule has 1 unspecified atom stereocenters. The Morgan fingerprint density at radius 1 is 1.22 bits per heavy atom. The third-order valence-corrected chi connectivity index (χ3v) is 5.53. The van der Waals surface area contributed by atoms with E-state index in [1.807, 2.05) is 22.7 Å². The van der Waals surface area contributed by atoms with Crippen LogP contribution in [0.5, 0.6) is 0 Å². The van der Waals surface area contributed by atoms with E-state index < -0.39 is 0 Å². The lowest BCUT2D eigenvalue weighted by Crippen LogP contribution is -2.22. The number of hydrogen-bond acceptors (Lipinski definition) is 3. The van der Waals surface area contributed by atoms with E-state index in [2.05, 4.69) is 50.5 Å². The van der Waals surface area contributed by atoms with Crippen LogP contribution in [0.25, 0.3) is 0 Å². The number of nitrogens with one attached hydrogen (secondary N) is 1. The predicted molar refractivity (Wildman–Crippen MR) is 83.0 cm³/mol. The second-order valence-electron chi connectivity index (χ2n) is 4.74. The summed E-state index contributed by atoms with van der Waals surface area (Å²) in [6, 6.07) is 4.93. The Kier molecular flexibility index (Phi) is 4.60. The van der Waals surface area contributed by atoms with Gasteiger partial charge < -0.3 is 5.32 Å². The van der Waals surface area contributed by atoms with Gasteiger partial charge in [0.05, 0.1) is 6.04 Å². The Labute approximate surface area is 118 Å². The first-order valence-electron chi connectivity index (χ1n) is 6.47. The Bertz CT molecular complexity index is 491. The fourth-order valence-corrected chi connectivity index (χ4v) is 4.26. The number of rotatable bonds is 5. The number of thiophene rings is 2. The average Bonchev–Trinajstić information content (AvgIpc) is 2.88. The molecule has 0 bridgehead atoms. The molecule has 0 radical (unpaired) electrons. The minimum atomic E-state index is 0.377. The molecule has 0 saturated carbocycles. The van der Waals surface area contributed by atoms with Gasteiger partial charge in [0, 0.05) is 14.6 Å². The summed E-state index contributed by atoms with van der Waals surface area (Å²) >= 11 is 3.79. The molecule has 1 atom stereocenters. The summed E-state index contributed by atoms with van der Waals surface area (Å²) in [5, 5.41) is 5.88. The summed E-state index contributed by atoms with van der Waals surface area (Å²) in [4.78, 5) is 4.34. The molecule has 98 valence electrons. The van der Waals surface area contributed by atoms with Crippen molar-refractivity contribution in [1.29, 1.82) is 0 Å². The van der Waals surface area contributed by atoms with Crippen molar-refractivity contribution in [3.63, 3.8) is 0 Å². The molecule has 0 aliphatic heterocycles. The lowest BCUT2D eigenvalue weighted by atomic mass is 10.1.